The van der Waals surface area contributed by atoms with E-state index >= 15 is 0 Å². The van der Waals surface area contributed by atoms with Crippen LogP contribution in [0.4, 0.5) is 0 Å². The van der Waals surface area contributed by atoms with Crippen molar-refractivity contribution in [1.29, 1.82) is 5.26 Å². The van der Waals surface area contributed by atoms with Gasteiger partial charge in [-0.05, 0) is 68.2 Å². The summed E-state index contributed by atoms with van der Waals surface area (Å²) in [5.41, 5.74) is 5.21. The van der Waals surface area contributed by atoms with Crippen molar-refractivity contribution in [2.45, 2.75) is 50.9 Å². The maximum atomic E-state index is 8.90. The van der Waals surface area contributed by atoms with Gasteiger partial charge in [-0.25, -0.2) is 9.50 Å². The van der Waals surface area contributed by atoms with E-state index < -0.39 is 0 Å². The monoisotopic (exact) mass is 384 g/mol. The molecule has 0 unspecified atom stereocenters. The zero-order valence-electron chi connectivity index (χ0n) is 16.4. The van der Waals surface area contributed by atoms with Crippen molar-refractivity contribution in [3.63, 3.8) is 0 Å². The standard InChI is InChI=1S/C23H24N6/c24-14-18-6-4-16(5-7-18)2-1-3-17-8-10-19(11-9-17)21-22-20-12-13-25-23(20)26-15-29(22)28-27-21/h4-7,12-13,15,17,19,25H,1-3,8-11H2. The Kier molecular flexibility index (Phi) is 4.73. The lowest BCUT2D eigenvalue weighted by atomic mass is 9.78. The highest BCUT2D eigenvalue weighted by Gasteiger charge is 2.26. The summed E-state index contributed by atoms with van der Waals surface area (Å²) in [4.78, 5) is 7.58. The van der Waals surface area contributed by atoms with Crippen LogP contribution in [0.1, 0.15) is 61.3 Å². The first kappa shape index (κ1) is 17.9. The van der Waals surface area contributed by atoms with Crippen LogP contribution in [-0.4, -0.2) is 24.8 Å². The number of rotatable bonds is 5. The predicted molar refractivity (Wildman–Crippen MR) is 111 cm³/mol. The van der Waals surface area contributed by atoms with Crippen LogP contribution in [0.25, 0.3) is 16.6 Å². The number of fused-ring (bicyclic) bond motifs is 3. The first-order valence-electron chi connectivity index (χ1n) is 10.5. The Hall–Kier alpha value is -3.20. The second kappa shape index (κ2) is 7.67. The SMILES string of the molecule is N#Cc1ccc(CCCC2CCC(c3nnn4cnc5[nH]ccc5c34)CC2)cc1. The van der Waals surface area contributed by atoms with Crippen LogP contribution in [0, 0.1) is 17.2 Å². The molecular weight excluding hydrogens is 360 g/mol. The van der Waals surface area contributed by atoms with Gasteiger partial charge >= 0.3 is 0 Å². The third-order valence-electron chi connectivity index (χ3n) is 6.39. The molecule has 0 bridgehead atoms. The minimum Gasteiger partial charge on any atom is -0.346 e. The number of benzene rings is 1. The van der Waals surface area contributed by atoms with E-state index in [1.165, 1.54) is 44.1 Å². The molecule has 1 saturated carbocycles. The molecule has 0 saturated heterocycles. The number of nitrogens with one attached hydrogen (secondary N) is 1. The van der Waals surface area contributed by atoms with Crippen molar-refractivity contribution < 1.29 is 0 Å². The Balaban J connectivity index is 1.19. The maximum Gasteiger partial charge on any atom is 0.141 e. The van der Waals surface area contributed by atoms with Gasteiger partial charge < -0.3 is 4.98 Å². The Morgan fingerprint density at radius 2 is 1.93 bits per heavy atom. The molecule has 5 rings (SSSR count). The molecule has 0 atom stereocenters. The van der Waals surface area contributed by atoms with Gasteiger partial charge in [0.15, 0.2) is 0 Å². The van der Waals surface area contributed by atoms with Gasteiger partial charge in [-0.2, -0.15) is 5.26 Å². The number of aromatic amines is 1. The lowest BCUT2D eigenvalue weighted by Gasteiger charge is -2.27. The Bertz CT molecular complexity index is 1160. The average Bonchev–Trinajstić information content (AvgIpc) is 3.41. The summed E-state index contributed by atoms with van der Waals surface area (Å²) in [7, 11) is 0. The van der Waals surface area contributed by atoms with Gasteiger partial charge in [0.2, 0.25) is 0 Å². The quantitative estimate of drug-likeness (QED) is 0.537. The van der Waals surface area contributed by atoms with Crippen LogP contribution in [-0.2, 0) is 6.42 Å². The molecule has 3 aromatic heterocycles. The van der Waals surface area contributed by atoms with Crippen LogP contribution in [0.2, 0.25) is 0 Å². The minimum atomic E-state index is 0.489. The van der Waals surface area contributed by atoms with Gasteiger partial charge in [0.1, 0.15) is 17.5 Å². The third kappa shape index (κ3) is 3.49. The molecular formula is C23H24N6. The lowest BCUT2D eigenvalue weighted by molar-refractivity contribution is 0.303. The summed E-state index contributed by atoms with van der Waals surface area (Å²) < 4.78 is 1.81. The molecule has 0 amide bonds. The zero-order chi connectivity index (χ0) is 19.6. The van der Waals surface area contributed by atoms with Crippen LogP contribution in [0.15, 0.2) is 42.9 Å². The third-order valence-corrected chi connectivity index (χ3v) is 6.39. The number of aromatic nitrogens is 5. The molecule has 0 spiro atoms. The molecule has 1 aliphatic rings. The molecule has 1 aliphatic carbocycles. The van der Waals surface area contributed by atoms with E-state index in [-0.39, 0.29) is 0 Å². The molecule has 1 fully saturated rings. The van der Waals surface area contributed by atoms with Crippen molar-refractivity contribution in [2.75, 3.05) is 0 Å². The number of nitriles is 1. The second-order valence-corrected chi connectivity index (χ2v) is 8.17. The van der Waals surface area contributed by atoms with E-state index in [2.05, 4.69) is 44.5 Å². The number of hydrogen-bond donors (Lipinski definition) is 1. The fourth-order valence-corrected chi connectivity index (χ4v) is 4.76. The van der Waals surface area contributed by atoms with Crippen molar-refractivity contribution in [3.8, 4) is 6.07 Å². The normalized spacial score (nSPS) is 19.6. The van der Waals surface area contributed by atoms with Crippen LogP contribution >= 0.6 is 0 Å². The van der Waals surface area contributed by atoms with E-state index in [1.807, 2.05) is 22.8 Å². The van der Waals surface area contributed by atoms with Gasteiger partial charge in [0, 0.05) is 17.5 Å². The highest BCUT2D eigenvalue weighted by molar-refractivity contribution is 5.92. The lowest BCUT2D eigenvalue weighted by Crippen LogP contribution is -2.14. The molecule has 29 heavy (non-hydrogen) atoms. The molecule has 4 aromatic rings. The Morgan fingerprint density at radius 1 is 1.10 bits per heavy atom. The van der Waals surface area contributed by atoms with E-state index in [1.54, 1.807) is 6.33 Å². The molecule has 0 aliphatic heterocycles. The topological polar surface area (TPSA) is 82.7 Å². The van der Waals surface area contributed by atoms with Crippen molar-refractivity contribution >= 4 is 16.6 Å². The summed E-state index contributed by atoms with van der Waals surface area (Å²) in [6.07, 6.45) is 12.2. The largest absolute Gasteiger partial charge is 0.346 e. The van der Waals surface area contributed by atoms with Gasteiger partial charge in [0.25, 0.3) is 0 Å². The van der Waals surface area contributed by atoms with Crippen molar-refractivity contribution in [3.05, 3.63) is 59.7 Å². The van der Waals surface area contributed by atoms with Gasteiger partial charge in [-0.15, -0.1) is 5.10 Å². The summed E-state index contributed by atoms with van der Waals surface area (Å²) in [6, 6.07) is 12.3. The van der Waals surface area contributed by atoms with Crippen LogP contribution in [0.3, 0.4) is 0 Å². The summed E-state index contributed by atoms with van der Waals surface area (Å²) >= 11 is 0. The second-order valence-electron chi connectivity index (χ2n) is 8.17. The fourth-order valence-electron chi connectivity index (χ4n) is 4.76. The molecule has 1 aromatic carbocycles. The highest BCUT2D eigenvalue weighted by atomic mass is 15.4. The molecule has 0 radical (unpaired) electrons. The minimum absolute atomic E-state index is 0.489. The summed E-state index contributed by atoms with van der Waals surface area (Å²) in [5, 5.41) is 18.8. The molecule has 6 heteroatoms. The van der Waals surface area contributed by atoms with Gasteiger partial charge in [-0.1, -0.05) is 23.8 Å². The molecule has 1 N–H and O–H groups in total. The van der Waals surface area contributed by atoms with E-state index in [9.17, 15) is 0 Å². The number of aryl methyl sites for hydroxylation is 1. The van der Waals surface area contributed by atoms with Gasteiger partial charge in [0.05, 0.1) is 17.3 Å². The number of nitrogens with zero attached hydrogens (tertiary/aromatic N) is 5. The van der Waals surface area contributed by atoms with Crippen LogP contribution in [0.5, 0.6) is 0 Å². The zero-order valence-corrected chi connectivity index (χ0v) is 16.4. The average molecular weight is 384 g/mol. The van der Waals surface area contributed by atoms with Crippen molar-refractivity contribution in [1.82, 2.24) is 24.8 Å². The Labute approximate surface area is 169 Å². The first-order chi connectivity index (χ1) is 14.3. The molecule has 3 heterocycles. The predicted octanol–water partition coefficient (Wildman–Crippen LogP) is 4.77. The first-order valence-corrected chi connectivity index (χ1v) is 10.5. The summed E-state index contributed by atoms with van der Waals surface area (Å²) in [6.45, 7) is 0. The number of hydrogen-bond acceptors (Lipinski definition) is 4. The molecule has 6 nitrogen and oxygen atoms in total. The maximum absolute atomic E-state index is 8.90. The van der Waals surface area contributed by atoms with Crippen molar-refractivity contribution in [2.24, 2.45) is 5.92 Å². The smallest absolute Gasteiger partial charge is 0.141 e. The highest BCUT2D eigenvalue weighted by Crippen LogP contribution is 2.39. The van der Waals surface area contributed by atoms with E-state index in [0.29, 0.717) is 5.92 Å². The van der Waals surface area contributed by atoms with Gasteiger partial charge in [-0.3, -0.25) is 0 Å². The molecule has 146 valence electrons. The summed E-state index contributed by atoms with van der Waals surface area (Å²) in [5.74, 6) is 1.29. The van der Waals surface area contributed by atoms with E-state index in [0.717, 1.165) is 40.1 Å². The Morgan fingerprint density at radius 3 is 2.72 bits per heavy atom. The number of H-pyrrole nitrogens is 1. The fraction of sp³-hybridized carbons (Fsp3) is 0.391. The van der Waals surface area contributed by atoms with E-state index in [4.69, 9.17) is 5.26 Å². The van der Waals surface area contributed by atoms with Crippen LogP contribution < -0.4 is 0 Å².